The Bertz CT molecular complexity index is 383. The zero-order chi connectivity index (χ0) is 13.5. The van der Waals surface area contributed by atoms with E-state index in [0.29, 0.717) is 5.92 Å². The average Bonchev–Trinajstić information content (AvgIpc) is 2.33. The molecule has 0 aliphatic heterocycles. The Morgan fingerprint density at radius 1 is 1.33 bits per heavy atom. The minimum Gasteiger partial charge on any atom is -0.398 e. The van der Waals surface area contributed by atoms with E-state index in [1.165, 1.54) is 11.3 Å². The molecular weight excluding hydrogens is 220 g/mol. The fourth-order valence-electron chi connectivity index (χ4n) is 2.17. The molecule has 0 amide bonds. The number of nitrogens with two attached hydrogens (primary N) is 1. The van der Waals surface area contributed by atoms with Gasteiger partial charge in [0.2, 0.25) is 0 Å². The molecule has 0 heterocycles. The third kappa shape index (κ3) is 3.80. The van der Waals surface area contributed by atoms with Gasteiger partial charge in [-0.2, -0.15) is 0 Å². The predicted octanol–water partition coefficient (Wildman–Crippen LogP) is 4.18. The number of hydrogen-bond donors (Lipinski definition) is 1. The van der Waals surface area contributed by atoms with Crippen molar-refractivity contribution in [3.63, 3.8) is 0 Å². The van der Waals surface area contributed by atoms with Gasteiger partial charge in [0.25, 0.3) is 0 Å². The number of rotatable bonds is 7. The molecule has 0 atom stereocenters. The first-order valence-corrected chi connectivity index (χ1v) is 6.85. The van der Waals surface area contributed by atoms with Crippen molar-refractivity contribution in [3.05, 3.63) is 36.4 Å². The van der Waals surface area contributed by atoms with E-state index < -0.39 is 0 Å². The van der Waals surface area contributed by atoms with Gasteiger partial charge >= 0.3 is 0 Å². The van der Waals surface area contributed by atoms with Gasteiger partial charge in [-0.25, -0.2) is 0 Å². The van der Waals surface area contributed by atoms with Crippen LogP contribution in [0.4, 0.5) is 11.4 Å². The van der Waals surface area contributed by atoms with Crippen molar-refractivity contribution >= 4 is 11.4 Å². The molecule has 0 saturated carbocycles. The van der Waals surface area contributed by atoms with Crippen LogP contribution in [0, 0.1) is 0 Å². The summed E-state index contributed by atoms with van der Waals surface area (Å²) in [6.45, 7) is 12.4. The van der Waals surface area contributed by atoms with Crippen LogP contribution in [0.3, 0.4) is 0 Å². The standard InChI is InChI=1S/C16H26N2/c1-5-7-11-18(10-6-2)14-8-9-15(13(3)4)16(17)12-14/h5,8-9,12-13H,1,6-7,10-11,17H2,2-4H3. The Morgan fingerprint density at radius 3 is 2.56 bits per heavy atom. The van der Waals surface area contributed by atoms with E-state index in [-0.39, 0.29) is 0 Å². The van der Waals surface area contributed by atoms with Crippen molar-refractivity contribution in [2.45, 2.75) is 39.5 Å². The van der Waals surface area contributed by atoms with Crippen LogP contribution < -0.4 is 10.6 Å². The summed E-state index contributed by atoms with van der Waals surface area (Å²) < 4.78 is 0. The van der Waals surface area contributed by atoms with Gasteiger partial charge in [-0.15, -0.1) is 6.58 Å². The van der Waals surface area contributed by atoms with Gasteiger partial charge in [-0.1, -0.05) is 32.9 Å². The van der Waals surface area contributed by atoms with Gasteiger partial charge < -0.3 is 10.6 Å². The molecule has 1 rings (SSSR count). The van der Waals surface area contributed by atoms with Crippen LogP contribution in [0.15, 0.2) is 30.9 Å². The van der Waals surface area contributed by atoms with Crippen molar-refractivity contribution in [2.24, 2.45) is 0 Å². The molecule has 1 aromatic carbocycles. The second-order valence-electron chi connectivity index (χ2n) is 5.03. The molecule has 0 saturated heterocycles. The summed E-state index contributed by atoms with van der Waals surface area (Å²) in [5.41, 5.74) is 9.50. The van der Waals surface area contributed by atoms with Gasteiger partial charge in [-0.3, -0.25) is 0 Å². The Labute approximate surface area is 111 Å². The third-order valence-corrected chi connectivity index (χ3v) is 3.15. The van der Waals surface area contributed by atoms with Crippen LogP contribution in [0.2, 0.25) is 0 Å². The summed E-state index contributed by atoms with van der Waals surface area (Å²) in [5, 5.41) is 0. The van der Waals surface area contributed by atoms with Crippen molar-refractivity contribution in [3.8, 4) is 0 Å². The summed E-state index contributed by atoms with van der Waals surface area (Å²) >= 11 is 0. The van der Waals surface area contributed by atoms with Gasteiger partial charge in [0.15, 0.2) is 0 Å². The number of benzene rings is 1. The maximum absolute atomic E-state index is 6.14. The molecule has 0 aliphatic rings. The maximum atomic E-state index is 6.14. The van der Waals surface area contributed by atoms with Gasteiger partial charge in [0.05, 0.1) is 0 Å². The molecule has 100 valence electrons. The van der Waals surface area contributed by atoms with Crippen molar-refractivity contribution in [1.29, 1.82) is 0 Å². The Morgan fingerprint density at radius 2 is 2.06 bits per heavy atom. The maximum Gasteiger partial charge on any atom is 0.0387 e. The average molecular weight is 246 g/mol. The predicted molar refractivity (Wildman–Crippen MR) is 82.3 cm³/mol. The van der Waals surface area contributed by atoms with E-state index in [4.69, 9.17) is 5.73 Å². The van der Waals surface area contributed by atoms with E-state index in [2.05, 4.69) is 50.4 Å². The minimum absolute atomic E-state index is 0.479. The van der Waals surface area contributed by atoms with E-state index in [0.717, 1.165) is 31.6 Å². The fraction of sp³-hybridized carbons (Fsp3) is 0.500. The molecule has 1 aromatic rings. The zero-order valence-corrected chi connectivity index (χ0v) is 11.9. The van der Waals surface area contributed by atoms with E-state index in [9.17, 15) is 0 Å². The van der Waals surface area contributed by atoms with E-state index in [1.807, 2.05) is 6.08 Å². The molecule has 0 fully saturated rings. The largest absolute Gasteiger partial charge is 0.398 e. The van der Waals surface area contributed by atoms with Crippen LogP contribution in [0.25, 0.3) is 0 Å². The summed E-state index contributed by atoms with van der Waals surface area (Å²) in [7, 11) is 0. The highest BCUT2D eigenvalue weighted by Crippen LogP contribution is 2.27. The number of nitrogens with zero attached hydrogens (tertiary/aromatic N) is 1. The molecule has 0 aromatic heterocycles. The fourth-order valence-corrected chi connectivity index (χ4v) is 2.17. The monoisotopic (exact) mass is 246 g/mol. The first-order chi connectivity index (χ1) is 8.60. The zero-order valence-electron chi connectivity index (χ0n) is 11.9. The first-order valence-electron chi connectivity index (χ1n) is 6.85. The van der Waals surface area contributed by atoms with Gasteiger partial charge in [-0.05, 0) is 36.5 Å². The molecule has 2 N–H and O–H groups in total. The molecular formula is C16H26N2. The van der Waals surface area contributed by atoms with Crippen molar-refractivity contribution < 1.29 is 0 Å². The van der Waals surface area contributed by atoms with Gasteiger partial charge in [0, 0.05) is 24.5 Å². The lowest BCUT2D eigenvalue weighted by molar-refractivity contribution is 0.764. The summed E-state index contributed by atoms with van der Waals surface area (Å²) in [5.74, 6) is 0.479. The topological polar surface area (TPSA) is 29.3 Å². The SMILES string of the molecule is C=CCCN(CCC)c1ccc(C(C)C)c(N)c1. The highest BCUT2D eigenvalue weighted by atomic mass is 15.1. The van der Waals surface area contributed by atoms with E-state index in [1.54, 1.807) is 0 Å². The molecule has 2 nitrogen and oxygen atoms in total. The van der Waals surface area contributed by atoms with Crippen LogP contribution >= 0.6 is 0 Å². The van der Waals surface area contributed by atoms with Crippen LogP contribution in [0.1, 0.15) is 45.1 Å². The lowest BCUT2D eigenvalue weighted by atomic mass is 10.0. The Kier molecular flexibility index (Phi) is 5.76. The highest BCUT2D eigenvalue weighted by molar-refractivity contribution is 5.61. The Balaban J connectivity index is 2.91. The smallest absolute Gasteiger partial charge is 0.0387 e. The minimum atomic E-state index is 0.479. The molecule has 0 radical (unpaired) electrons. The third-order valence-electron chi connectivity index (χ3n) is 3.15. The van der Waals surface area contributed by atoms with E-state index >= 15 is 0 Å². The number of nitrogen functional groups attached to an aromatic ring is 1. The number of hydrogen-bond acceptors (Lipinski definition) is 2. The normalized spacial score (nSPS) is 10.7. The van der Waals surface area contributed by atoms with Crippen LogP contribution in [-0.4, -0.2) is 13.1 Å². The van der Waals surface area contributed by atoms with Crippen molar-refractivity contribution in [2.75, 3.05) is 23.7 Å². The van der Waals surface area contributed by atoms with Crippen LogP contribution in [0.5, 0.6) is 0 Å². The van der Waals surface area contributed by atoms with Gasteiger partial charge in [0.1, 0.15) is 0 Å². The highest BCUT2D eigenvalue weighted by Gasteiger charge is 2.09. The summed E-state index contributed by atoms with van der Waals surface area (Å²) in [6.07, 6.45) is 4.11. The molecule has 18 heavy (non-hydrogen) atoms. The lowest BCUT2D eigenvalue weighted by Gasteiger charge is -2.25. The molecule has 0 aliphatic carbocycles. The first kappa shape index (κ1) is 14.6. The second-order valence-corrected chi connectivity index (χ2v) is 5.03. The quantitative estimate of drug-likeness (QED) is 0.577. The second kappa shape index (κ2) is 7.10. The molecule has 0 spiro atoms. The summed E-state index contributed by atoms with van der Waals surface area (Å²) in [4.78, 5) is 2.38. The van der Waals surface area contributed by atoms with Crippen molar-refractivity contribution in [1.82, 2.24) is 0 Å². The molecule has 2 heteroatoms. The lowest BCUT2D eigenvalue weighted by Crippen LogP contribution is -2.25. The molecule has 0 unspecified atom stereocenters. The van der Waals surface area contributed by atoms with Crippen LogP contribution in [-0.2, 0) is 0 Å². The summed E-state index contributed by atoms with van der Waals surface area (Å²) in [6, 6.07) is 6.45. The Hall–Kier alpha value is -1.44. The number of anilines is 2. The molecule has 0 bridgehead atoms.